The van der Waals surface area contributed by atoms with E-state index in [2.05, 4.69) is 22.3 Å². The predicted octanol–water partition coefficient (Wildman–Crippen LogP) is 4.64. The number of hydrogen-bond acceptors (Lipinski definition) is 4. The lowest BCUT2D eigenvalue weighted by atomic mass is 10.0. The molecule has 1 heterocycles. The molecular formula is C21H37F3N2O3. The molecule has 0 spiro atoms. The van der Waals surface area contributed by atoms with Crippen LogP contribution in [0.4, 0.5) is 13.2 Å². The molecule has 1 aliphatic rings. The van der Waals surface area contributed by atoms with Crippen molar-refractivity contribution in [3.63, 3.8) is 0 Å². The molecule has 0 aromatic heterocycles. The van der Waals surface area contributed by atoms with Crippen molar-refractivity contribution in [1.82, 2.24) is 10.6 Å². The molecule has 1 fully saturated rings. The van der Waals surface area contributed by atoms with Gasteiger partial charge in [0, 0.05) is 12.6 Å². The third kappa shape index (κ3) is 12.1. The number of hydrogen-bond donors (Lipinski definition) is 2. The van der Waals surface area contributed by atoms with Crippen LogP contribution in [0.1, 0.15) is 90.4 Å². The molecule has 0 bridgehead atoms. The van der Waals surface area contributed by atoms with E-state index in [1.807, 2.05) is 0 Å². The molecule has 170 valence electrons. The monoisotopic (exact) mass is 422 g/mol. The number of alkyl halides is 3. The minimum atomic E-state index is -5.09. The first-order valence-corrected chi connectivity index (χ1v) is 11.1. The van der Waals surface area contributed by atoms with Crippen molar-refractivity contribution in [2.75, 3.05) is 13.1 Å². The minimum absolute atomic E-state index is 0.116. The molecule has 5 nitrogen and oxygen atoms in total. The van der Waals surface area contributed by atoms with Crippen molar-refractivity contribution in [2.24, 2.45) is 0 Å². The van der Waals surface area contributed by atoms with Gasteiger partial charge in [-0.15, -0.1) is 0 Å². The van der Waals surface area contributed by atoms with Crippen LogP contribution >= 0.6 is 0 Å². The van der Waals surface area contributed by atoms with Crippen LogP contribution < -0.4 is 10.6 Å². The number of nitrogens with one attached hydrogen (secondary N) is 2. The number of amides is 1. The molecule has 0 radical (unpaired) electrons. The summed E-state index contributed by atoms with van der Waals surface area (Å²) in [5.74, 6) is -2.94. The van der Waals surface area contributed by atoms with Gasteiger partial charge < -0.3 is 15.4 Å². The average molecular weight is 423 g/mol. The van der Waals surface area contributed by atoms with Crippen molar-refractivity contribution in [3.05, 3.63) is 0 Å². The Morgan fingerprint density at radius 2 is 1.55 bits per heavy atom. The standard InChI is InChI=1S/C21H37F3N2O3/c1-2-3-4-5-6-7-8-9-10-11-12-13-18(29-20(28)21(22,23)24)19(27)26-17-14-15-25-16-17/h17-18,25H,2-16H2,1H3,(H,26,27). The van der Waals surface area contributed by atoms with Gasteiger partial charge in [0.15, 0.2) is 6.10 Å². The van der Waals surface area contributed by atoms with Gasteiger partial charge >= 0.3 is 12.1 Å². The minimum Gasteiger partial charge on any atom is -0.446 e. The van der Waals surface area contributed by atoms with Gasteiger partial charge in [-0.05, 0) is 25.8 Å². The highest BCUT2D eigenvalue weighted by atomic mass is 19.4. The van der Waals surface area contributed by atoms with Gasteiger partial charge in [0.2, 0.25) is 0 Å². The van der Waals surface area contributed by atoms with Gasteiger partial charge in [-0.2, -0.15) is 13.2 Å². The topological polar surface area (TPSA) is 67.4 Å². The number of esters is 1. The lowest BCUT2D eigenvalue weighted by Crippen LogP contribution is -2.45. The largest absolute Gasteiger partial charge is 0.490 e. The van der Waals surface area contributed by atoms with Gasteiger partial charge in [0.05, 0.1) is 0 Å². The number of halogens is 3. The van der Waals surface area contributed by atoms with Gasteiger partial charge in [-0.1, -0.05) is 71.1 Å². The molecule has 8 heteroatoms. The summed E-state index contributed by atoms with van der Waals surface area (Å²) in [4.78, 5) is 23.5. The third-order valence-electron chi connectivity index (χ3n) is 5.25. The third-order valence-corrected chi connectivity index (χ3v) is 5.25. The van der Waals surface area contributed by atoms with E-state index in [1.54, 1.807) is 0 Å². The zero-order valence-corrected chi connectivity index (χ0v) is 17.6. The second-order valence-corrected chi connectivity index (χ2v) is 7.91. The summed E-state index contributed by atoms with van der Waals surface area (Å²) >= 11 is 0. The molecule has 2 atom stereocenters. The Labute approximate surface area is 172 Å². The molecule has 0 aromatic rings. The smallest absolute Gasteiger partial charge is 0.446 e. The van der Waals surface area contributed by atoms with E-state index in [0.29, 0.717) is 19.4 Å². The molecule has 1 saturated heterocycles. The molecule has 0 aliphatic carbocycles. The lowest BCUT2D eigenvalue weighted by Gasteiger charge is -2.20. The van der Waals surface area contributed by atoms with Crippen LogP contribution in [0.25, 0.3) is 0 Å². The van der Waals surface area contributed by atoms with E-state index >= 15 is 0 Å². The zero-order chi connectivity index (χ0) is 21.5. The highest BCUT2D eigenvalue weighted by Crippen LogP contribution is 2.20. The first kappa shape index (κ1) is 25.7. The number of carbonyl (C=O) groups is 2. The number of carbonyl (C=O) groups excluding carboxylic acids is 2. The summed E-state index contributed by atoms with van der Waals surface area (Å²) in [6.45, 7) is 3.52. The Morgan fingerprint density at radius 3 is 2.03 bits per heavy atom. The molecule has 2 unspecified atom stereocenters. The molecule has 1 aliphatic heterocycles. The Bertz CT molecular complexity index is 467. The van der Waals surface area contributed by atoms with Gasteiger partial charge in [-0.3, -0.25) is 4.79 Å². The Balaban J connectivity index is 2.26. The summed E-state index contributed by atoms with van der Waals surface area (Å²) < 4.78 is 42.0. The average Bonchev–Trinajstić information content (AvgIpc) is 3.17. The summed E-state index contributed by atoms with van der Waals surface area (Å²) in [7, 11) is 0. The van der Waals surface area contributed by atoms with E-state index in [0.717, 1.165) is 32.2 Å². The Kier molecular flexibility index (Phi) is 13.0. The van der Waals surface area contributed by atoms with E-state index in [4.69, 9.17) is 0 Å². The van der Waals surface area contributed by atoms with Gasteiger partial charge in [0.1, 0.15) is 0 Å². The maximum atomic E-state index is 12.5. The quantitative estimate of drug-likeness (QED) is 0.298. The van der Waals surface area contributed by atoms with Gasteiger partial charge in [0.25, 0.3) is 5.91 Å². The van der Waals surface area contributed by atoms with Crippen LogP contribution in [0.2, 0.25) is 0 Å². The fourth-order valence-electron chi connectivity index (χ4n) is 3.51. The van der Waals surface area contributed by atoms with E-state index in [-0.39, 0.29) is 12.5 Å². The number of rotatable bonds is 15. The van der Waals surface area contributed by atoms with Crippen molar-refractivity contribution < 1.29 is 27.5 Å². The summed E-state index contributed by atoms with van der Waals surface area (Å²) in [6, 6.07) is -0.132. The zero-order valence-electron chi connectivity index (χ0n) is 17.6. The van der Waals surface area contributed by atoms with Crippen LogP contribution in [0.3, 0.4) is 0 Å². The van der Waals surface area contributed by atoms with E-state index in [9.17, 15) is 22.8 Å². The van der Waals surface area contributed by atoms with Crippen LogP contribution in [0.15, 0.2) is 0 Å². The lowest BCUT2D eigenvalue weighted by molar-refractivity contribution is -0.205. The second-order valence-electron chi connectivity index (χ2n) is 7.91. The summed E-state index contributed by atoms with van der Waals surface area (Å²) in [5, 5.41) is 5.75. The summed E-state index contributed by atoms with van der Waals surface area (Å²) in [5.41, 5.74) is 0. The highest BCUT2D eigenvalue weighted by molar-refractivity contribution is 5.85. The molecule has 2 N–H and O–H groups in total. The SMILES string of the molecule is CCCCCCCCCCCCCC(OC(=O)C(F)(F)F)C(=O)NC1CCNC1. The van der Waals surface area contributed by atoms with Crippen LogP contribution in [-0.4, -0.2) is 43.3 Å². The molecule has 0 aromatic carbocycles. The molecule has 1 rings (SSSR count). The number of ether oxygens (including phenoxy) is 1. The first-order valence-electron chi connectivity index (χ1n) is 11.1. The highest BCUT2D eigenvalue weighted by Gasteiger charge is 2.43. The normalized spacial score (nSPS) is 17.9. The fraction of sp³-hybridized carbons (Fsp3) is 0.905. The van der Waals surface area contributed by atoms with Crippen molar-refractivity contribution >= 4 is 11.9 Å². The number of unbranched alkanes of at least 4 members (excludes halogenated alkanes) is 10. The second kappa shape index (κ2) is 14.6. The maximum absolute atomic E-state index is 12.5. The first-order chi connectivity index (χ1) is 13.8. The predicted molar refractivity (Wildman–Crippen MR) is 106 cm³/mol. The van der Waals surface area contributed by atoms with Crippen molar-refractivity contribution in [2.45, 2.75) is 109 Å². The van der Waals surface area contributed by atoms with Gasteiger partial charge in [-0.25, -0.2) is 4.79 Å². The van der Waals surface area contributed by atoms with Crippen LogP contribution in [0.5, 0.6) is 0 Å². The molecule has 1 amide bonds. The fourth-order valence-corrected chi connectivity index (χ4v) is 3.51. The molecule has 0 saturated carbocycles. The van der Waals surface area contributed by atoms with E-state index < -0.39 is 24.2 Å². The van der Waals surface area contributed by atoms with Crippen LogP contribution in [-0.2, 0) is 14.3 Å². The maximum Gasteiger partial charge on any atom is 0.490 e. The Hall–Kier alpha value is -1.31. The van der Waals surface area contributed by atoms with E-state index in [1.165, 1.54) is 38.5 Å². The summed E-state index contributed by atoms with van der Waals surface area (Å²) in [6.07, 6.45) is 6.54. The molecular weight excluding hydrogens is 385 g/mol. The van der Waals surface area contributed by atoms with Crippen LogP contribution in [0, 0.1) is 0 Å². The van der Waals surface area contributed by atoms with Crippen molar-refractivity contribution in [3.8, 4) is 0 Å². The molecule has 29 heavy (non-hydrogen) atoms. The van der Waals surface area contributed by atoms with Crippen molar-refractivity contribution in [1.29, 1.82) is 0 Å². The Morgan fingerprint density at radius 1 is 1.00 bits per heavy atom.